The molecule has 3 rings (SSSR count). The van der Waals surface area contributed by atoms with Crippen molar-refractivity contribution in [2.75, 3.05) is 13.1 Å². The fourth-order valence-electron chi connectivity index (χ4n) is 2.77. The molecule has 20 heavy (non-hydrogen) atoms. The summed E-state index contributed by atoms with van der Waals surface area (Å²) in [4.78, 5) is 10.8. The van der Waals surface area contributed by atoms with Gasteiger partial charge in [0.2, 0.25) is 0 Å². The highest BCUT2D eigenvalue weighted by atomic mass is 35.5. The molecule has 0 spiro atoms. The van der Waals surface area contributed by atoms with Gasteiger partial charge in [0.05, 0.1) is 16.4 Å². The lowest BCUT2D eigenvalue weighted by Crippen LogP contribution is -2.34. The monoisotopic (exact) mass is 291 g/mol. The Kier molecular flexibility index (Phi) is 3.98. The van der Waals surface area contributed by atoms with Crippen molar-refractivity contribution < 1.29 is 0 Å². The number of aryl methyl sites for hydroxylation is 1. The van der Waals surface area contributed by atoms with E-state index in [9.17, 15) is 0 Å². The summed E-state index contributed by atoms with van der Waals surface area (Å²) in [5.41, 5.74) is 3.01. The number of hydrogen-bond donors (Lipinski definition) is 1. The lowest BCUT2D eigenvalue weighted by atomic mass is 9.94. The molecule has 2 aromatic rings. The van der Waals surface area contributed by atoms with Crippen molar-refractivity contribution in [1.29, 1.82) is 0 Å². The van der Waals surface area contributed by atoms with E-state index >= 15 is 0 Å². The van der Waals surface area contributed by atoms with Gasteiger partial charge in [-0.05, 0) is 32.4 Å². The van der Waals surface area contributed by atoms with Gasteiger partial charge in [0, 0.05) is 30.9 Å². The third-order valence-electron chi connectivity index (χ3n) is 3.84. The van der Waals surface area contributed by atoms with Crippen LogP contribution in [0.2, 0.25) is 5.02 Å². The summed E-state index contributed by atoms with van der Waals surface area (Å²) in [6, 6.07) is 2.01. The van der Waals surface area contributed by atoms with Crippen LogP contribution in [0.15, 0.2) is 18.6 Å². The van der Waals surface area contributed by atoms with Crippen LogP contribution >= 0.6 is 11.6 Å². The van der Waals surface area contributed by atoms with E-state index in [-0.39, 0.29) is 0 Å². The summed E-state index contributed by atoms with van der Waals surface area (Å²) in [7, 11) is 0. The molecular weight excluding hydrogens is 274 g/mol. The highest BCUT2D eigenvalue weighted by molar-refractivity contribution is 6.31. The second kappa shape index (κ2) is 5.89. The van der Waals surface area contributed by atoms with Crippen LogP contribution in [0.3, 0.4) is 0 Å². The van der Waals surface area contributed by atoms with Crippen LogP contribution in [0.4, 0.5) is 0 Å². The minimum absolute atomic E-state index is 0.477. The van der Waals surface area contributed by atoms with Crippen LogP contribution in [0.25, 0.3) is 0 Å². The largest absolute Gasteiger partial charge is 0.297 e. The maximum Gasteiger partial charge on any atom is 0.115 e. The second-order valence-electron chi connectivity index (χ2n) is 5.32. The molecular formula is C14H18ClN5. The average molecular weight is 292 g/mol. The highest BCUT2D eigenvalue weighted by Gasteiger charge is 2.23. The van der Waals surface area contributed by atoms with Gasteiger partial charge in [-0.3, -0.25) is 10.00 Å². The van der Waals surface area contributed by atoms with Gasteiger partial charge in [0.1, 0.15) is 6.33 Å². The predicted molar refractivity (Wildman–Crippen MR) is 77.6 cm³/mol. The Hall–Kier alpha value is -1.46. The number of aromatic nitrogens is 4. The zero-order valence-electron chi connectivity index (χ0n) is 11.5. The van der Waals surface area contributed by atoms with Gasteiger partial charge in [-0.1, -0.05) is 11.6 Å². The Morgan fingerprint density at radius 1 is 1.50 bits per heavy atom. The van der Waals surface area contributed by atoms with Crippen molar-refractivity contribution >= 4 is 11.6 Å². The normalized spacial score (nSPS) is 20.2. The summed E-state index contributed by atoms with van der Waals surface area (Å²) >= 11 is 6.24. The number of hydrogen-bond acceptors (Lipinski definition) is 4. The first-order valence-corrected chi connectivity index (χ1v) is 7.29. The second-order valence-corrected chi connectivity index (χ2v) is 5.70. The van der Waals surface area contributed by atoms with Crippen molar-refractivity contribution in [3.05, 3.63) is 40.7 Å². The average Bonchev–Trinajstić information content (AvgIpc) is 2.81. The number of likely N-dealkylation sites (tertiary alicyclic amines) is 1. The van der Waals surface area contributed by atoms with E-state index < -0.39 is 0 Å². The number of rotatable bonds is 3. The molecule has 1 saturated heterocycles. The van der Waals surface area contributed by atoms with E-state index in [4.69, 9.17) is 11.6 Å². The lowest BCUT2D eigenvalue weighted by molar-refractivity contribution is 0.196. The van der Waals surface area contributed by atoms with Gasteiger partial charge >= 0.3 is 0 Å². The number of piperidine rings is 1. The molecule has 1 aliphatic heterocycles. The van der Waals surface area contributed by atoms with Gasteiger partial charge in [-0.15, -0.1) is 0 Å². The first-order valence-electron chi connectivity index (χ1n) is 6.91. The Morgan fingerprint density at radius 2 is 2.40 bits per heavy atom. The molecule has 0 bridgehead atoms. The summed E-state index contributed by atoms with van der Waals surface area (Å²) in [6.45, 7) is 4.83. The molecule has 0 amide bonds. The van der Waals surface area contributed by atoms with Gasteiger partial charge in [-0.2, -0.15) is 5.10 Å². The maximum atomic E-state index is 6.24. The molecule has 1 aliphatic rings. The van der Waals surface area contributed by atoms with E-state index in [1.54, 1.807) is 6.33 Å². The molecule has 0 aromatic carbocycles. The molecule has 1 atom stereocenters. The number of nitrogens with zero attached hydrogens (tertiary/aromatic N) is 4. The van der Waals surface area contributed by atoms with E-state index in [0.717, 1.165) is 41.7 Å². The summed E-state index contributed by atoms with van der Waals surface area (Å²) in [6.07, 6.45) is 5.80. The Morgan fingerprint density at radius 3 is 3.10 bits per heavy atom. The molecule has 106 valence electrons. The lowest BCUT2D eigenvalue weighted by Gasteiger charge is -2.31. The zero-order chi connectivity index (χ0) is 13.9. The Labute approximate surface area is 123 Å². The first kappa shape index (κ1) is 13.5. The van der Waals surface area contributed by atoms with Gasteiger partial charge in [0.15, 0.2) is 0 Å². The van der Waals surface area contributed by atoms with Gasteiger partial charge in [-0.25, -0.2) is 9.97 Å². The molecule has 1 N–H and O–H groups in total. The molecule has 5 nitrogen and oxygen atoms in total. The zero-order valence-corrected chi connectivity index (χ0v) is 12.3. The van der Waals surface area contributed by atoms with E-state index in [0.29, 0.717) is 5.92 Å². The summed E-state index contributed by atoms with van der Waals surface area (Å²) in [5.74, 6) is 0.477. The predicted octanol–water partition coefficient (Wildman–Crippen LogP) is 2.54. The maximum absolute atomic E-state index is 6.24. The molecule has 1 unspecified atom stereocenters. The van der Waals surface area contributed by atoms with Crippen LogP contribution in [0, 0.1) is 6.92 Å². The van der Waals surface area contributed by atoms with Gasteiger partial charge in [0.25, 0.3) is 0 Å². The number of nitrogens with one attached hydrogen (secondary N) is 1. The van der Waals surface area contributed by atoms with Crippen LogP contribution in [-0.4, -0.2) is 38.2 Å². The quantitative estimate of drug-likeness (QED) is 0.944. The van der Waals surface area contributed by atoms with Crippen LogP contribution in [0.1, 0.15) is 35.8 Å². The third kappa shape index (κ3) is 2.83. The number of H-pyrrole nitrogens is 1. The van der Waals surface area contributed by atoms with Crippen molar-refractivity contribution in [2.45, 2.75) is 32.2 Å². The van der Waals surface area contributed by atoms with E-state index in [1.165, 1.54) is 12.8 Å². The number of halogens is 1. The Bertz CT molecular complexity index is 568. The molecule has 2 aromatic heterocycles. The fourth-order valence-corrected chi connectivity index (χ4v) is 2.91. The van der Waals surface area contributed by atoms with Gasteiger partial charge < -0.3 is 0 Å². The summed E-state index contributed by atoms with van der Waals surface area (Å²) < 4.78 is 0. The van der Waals surface area contributed by atoms with Crippen molar-refractivity contribution in [1.82, 2.24) is 25.1 Å². The smallest absolute Gasteiger partial charge is 0.115 e. The van der Waals surface area contributed by atoms with Crippen LogP contribution < -0.4 is 0 Å². The molecule has 0 saturated carbocycles. The molecule has 3 heterocycles. The topological polar surface area (TPSA) is 57.7 Å². The number of aromatic amines is 1. The van der Waals surface area contributed by atoms with Crippen molar-refractivity contribution in [3.8, 4) is 0 Å². The van der Waals surface area contributed by atoms with Crippen LogP contribution in [-0.2, 0) is 6.54 Å². The highest BCUT2D eigenvalue weighted by Crippen LogP contribution is 2.27. The molecule has 1 fully saturated rings. The standard InChI is InChI=1S/C14H18ClN5/c1-10-14(15)13(19-18-10)8-20-6-2-3-11(7-20)12-4-5-16-9-17-12/h4-5,9,11H,2-3,6-8H2,1H3,(H,18,19). The van der Waals surface area contributed by atoms with Crippen molar-refractivity contribution in [3.63, 3.8) is 0 Å². The molecule has 6 heteroatoms. The fraction of sp³-hybridized carbons (Fsp3) is 0.500. The minimum atomic E-state index is 0.477. The minimum Gasteiger partial charge on any atom is -0.297 e. The van der Waals surface area contributed by atoms with E-state index in [1.807, 2.05) is 19.2 Å². The Balaban J connectivity index is 1.68. The summed E-state index contributed by atoms with van der Waals surface area (Å²) in [5, 5.41) is 7.98. The van der Waals surface area contributed by atoms with E-state index in [2.05, 4.69) is 25.1 Å². The molecule has 0 aliphatic carbocycles. The first-order chi connectivity index (χ1) is 9.74. The third-order valence-corrected chi connectivity index (χ3v) is 4.34. The molecule has 0 radical (unpaired) electrons. The SMILES string of the molecule is Cc1[nH]nc(CN2CCCC(c3ccncn3)C2)c1Cl. The van der Waals surface area contributed by atoms with Crippen molar-refractivity contribution in [2.24, 2.45) is 0 Å². The van der Waals surface area contributed by atoms with Crippen LogP contribution in [0.5, 0.6) is 0 Å².